The first kappa shape index (κ1) is 25.4. The zero-order valence-electron chi connectivity index (χ0n) is 20.5. The minimum absolute atomic E-state index is 0.141. The Kier molecular flexibility index (Phi) is 9.04. The molecule has 0 spiro atoms. The summed E-state index contributed by atoms with van der Waals surface area (Å²) in [6.45, 7) is 3.29. The molecule has 0 unspecified atom stereocenters. The maximum atomic E-state index is 12.6. The minimum atomic E-state index is -0.141. The van der Waals surface area contributed by atoms with Crippen molar-refractivity contribution in [1.29, 1.82) is 0 Å². The number of nitrogens with one attached hydrogen (secondary N) is 3. The van der Waals surface area contributed by atoms with Gasteiger partial charge in [-0.2, -0.15) is 11.8 Å². The third-order valence-electron chi connectivity index (χ3n) is 5.70. The van der Waals surface area contributed by atoms with Gasteiger partial charge in [-0.1, -0.05) is 24.3 Å². The highest BCUT2D eigenvalue weighted by molar-refractivity contribution is 7.98. The van der Waals surface area contributed by atoms with Gasteiger partial charge in [-0.25, -0.2) is 9.97 Å². The molecular formula is C27H31N5O3S. The molecule has 2 aromatic carbocycles. The van der Waals surface area contributed by atoms with Crippen molar-refractivity contribution in [2.45, 2.75) is 25.5 Å². The molecule has 2 heterocycles. The third-order valence-corrected chi connectivity index (χ3v) is 6.67. The molecule has 0 radical (unpaired) electrons. The molecule has 0 saturated carbocycles. The number of ether oxygens (including phenoxy) is 2. The Hall–Kier alpha value is -3.72. The van der Waals surface area contributed by atoms with Gasteiger partial charge in [-0.05, 0) is 42.3 Å². The molecule has 0 saturated heterocycles. The lowest BCUT2D eigenvalue weighted by atomic mass is 10.1. The smallest absolute Gasteiger partial charge is 0.255 e. The van der Waals surface area contributed by atoms with Crippen LogP contribution in [0.25, 0.3) is 0 Å². The second kappa shape index (κ2) is 12.8. The molecule has 0 atom stereocenters. The predicted octanol–water partition coefficient (Wildman–Crippen LogP) is 4.37. The summed E-state index contributed by atoms with van der Waals surface area (Å²) in [5, 5.41) is 3.18. The molecule has 2 aromatic heterocycles. The van der Waals surface area contributed by atoms with E-state index in [1.165, 1.54) is 5.56 Å². The van der Waals surface area contributed by atoms with E-state index in [2.05, 4.69) is 25.3 Å². The molecule has 8 nitrogen and oxygen atoms in total. The van der Waals surface area contributed by atoms with E-state index in [0.717, 1.165) is 46.4 Å². The maximum absolute atomic E-state index is 12.6. The van der Waals surface area contributed by atoms with E-state index in [0.29, 0.717) is 31.1 Å². The summed E-state index contributed by atoms with van der Waals surface area (Å²) >= 11 is 1.78. The van der Waals surface area contributed by atoms with Crippen LogP contribution in [0, 0.1) is 6.92 Å². The lowest BCUT2D eigenvalue weighted by molar-refractivity contribution is 0.321. The number of benzene rings is 2. The summed E-state index contributed by atoms with van der Waals surface area (Å²) in [4.78, 5) is 27.2. The van der Waals surface area contributed by atoms with E-state index in [-0.39, 0.29) is 5.56 Å². The number of aromatic amines is 2. The first-order chi connectivity index (χ1) is 17.6. The number of rotatable bonds is 13. The maximum Gasteiger partial charge on any atom is 0.255 e. The average molecular weight is 506 g/mol. The monoisotopic (exact) mass is 505 g/mol. The number of anilines is 1. The van der Waals surface area contributed by atoms with E-state index in [1.54, 1.807) is 31.4 Å². The number of hydrogen-bond donors (Lipinski definition) is 3. The van der Waals surface area contributed by atoms with Gasteiger partial charge >= 0.3 is 0 Å². The Balaban J connectivity index is 1.23. The number of nitrogens with zero attached hydrogens (tertiary/aromatic N) is 2. The number of methoxy groups -OCH3 is 1. The molecule has 188 valence electrons. The van der Waals surface area contributed by atoms with Crippen LogP contribution >= 0.6 is 11.8 Å². The molecule has 0 bridgehead atoms. The number of H-pyrrole nitrogens is 2. The summed E-state index contributed by atoms with van der Waals surface area (Å²) in [6, 6.07) is 15.8. The summed E-state index contributed by atoms with van der Waals surface area (Å²) in [6.07, 6.45) is 4.64. The molecule has 0 aliphatic rings. The molecule has 0 aliphatic heterocycles. The molecule has 36 heavy (non-hydrogen) atoms. The number of thioether (sulfide) groups is 1. The summed E-state index contributed by atoms with van der Waals surface area (Å²) in [7, 11) is 1.66. The fourth-order valence-electron chi connectivity index (χ4n) is 3.62. The van der Waals surface area contributed by atoms with Crippen molar-refractivity contribution < 1.29 is 9.47 Å². The molecular weight excluding hydrogens is 474 g/mol. The van der Waals surface area contributed by atoms with Crippen LogP contribution in [-0.2, 0) is 18.6 Å². The first-order valence-corrected chi connectivity index (χ1v) is 13.0. The number of aryl methyl sites for hydroxylation is 1. The van der Waals surface area contributed by atoms with Crippen LogP contribution in [0.4, 0.5) is 5.95 Å². The highest BCUT2D eigenvalue weighted by Crippen LogP contribution is 2.17. The van der Waals surface area contributed by atoms with Crippen molar-refractivity contribution in [3.05, 3.63) is 99.5 Å². The van der Waals surface area contributed by atoms with Crippen LogP contribution in [0.3, 0.4) is 0 Å². The fraction of sp³-hybridized carbons (Fsp3) is 0.296. The second-order valence-corrected chi connectivity index (χ2v) is 9.42. The van der Waals surface area contributed by atoms with Gasteiger partial charge in [-0.3, -0.25) is 9.78 Å². The van der Waals surface area contributed by atoms with Crippen molar-refractivity contribution in [3.8, 4) is 11.5 Å². The van der Waals surface area contributed by atoms with Crippen molar-refractivity contribution in [1.82, 2.24) is 19.9 Å². The Labute approximate surface area is 214 Å². The van der Waals surface area contributed by atoms with Gasteiger partial charge in [0.15, 0.2) is 0 Å². The molecule has 3 N–H and O–H groups in total. The lowest BCUT2D eigenvalue weighted by Crippen LogP contribution is -2.18. The number of hydrogen-bond acceptors (Lipinski definition) is 7. The molecule has 0 amide bonds. The van der Waals surface area contributed by atoms with Crippen molar-refractivity contribution in [3.63, 3.8) is 0 Å². The van der Waals surface area contributed by atoms with E-state index in [4.69, 9.17) is 9.47 Å². The highest BCUT2D eigenvalue weighted by Gasteiger charge is 2.06. The van der Waals surface area contributed by atoms with Crippen molar-refractivity contribution >= 4 is 17.7 Å². The standard InChI is InChI=1S/C27H31N5O3S/c1-19-25(31-18-30-19)17-36-13-11-28-27-29-16-22(26(33)32-27)14-21-4-3-5-24(15-21)35-12-10-20-6-8-23(34-2)9-7-20/h3-9,15-16,18H,10-14,17H2,1-2H3,(H,30,31)(H2,28,29,32,33). The summed E-state index contributed by atoms with van der Waals surface area (Å²) in [5.41, 5.74) is 4.82. The van der Waals surface area contributed by atoms with E-state index < -0.39 is 0 Å². The normalized spacial score (nSPS) is 10.8. The lowest BCUT2D eigenvalue weighted by Gasteiger charge is -2.09. The first-order valence-electron chi connectivity index (χ1n) is 11.8. The molecule has 0 fully saturated rings. The van der Waals surface area contributed by atoms with Crippen LogP contribution < -0.4 is 20.3 Å². The third kappa shape index (κ3) is 7.39. The largest absolute Gasteiger partial charge is 0.497 e. The van der Waals surface area contributed by atoms with Gasteiger partial charge < -0.3 is 19.8 Å². The van der Waals surface area contributed by atoms with Crippen LogP contribution in [0.5, 0.6) is 11.5 Å². The topological polar surface area (TPSA) is 105 Å². The van der Waals surface area contributed by atoms with Crippen molar-refractivity contribution in [2.24, 2.45) is 0 Å². The van der Waals surface area contributed by atoms with Gasteiger partial charge in [0.25, 0.3) is 5.56 Å². The fourth-order valence-corrected chi connectivity index (χ4v) is 4.50. The van der Waals surface area contributed by atoms with E-state index >= 15 is 0 Å². The van der Waals surface area contributed by atoms with Gasteiger partial charge in [-0.15, -0.1) is 0 Å². The van der Waals surface area contributed by atoms with Crippen molar-refractivity contribution in [2.75, 3.05) is 31.3 Å². The van der Waals surface area contributed by atoms with Crippen LogP contribution in [0.15, 0.2) is 65.8 Å². The van der Waals surface area contributed by atoms with Gasteiger partial charge in [0.1, 0.15) is 11.5 Å². The zero-order chi connectivity index (χ0) is 25.2. The molecule has 9 heteroatoms. The Morgan fingerprint density at radius 3 is 2.67 bits per heavy atom. The Morgan fingerprint density at radius 1 is 1.06 bits per heavy atom. The minimum Gasteiger partial charge on any atom is -0.497 e. The van der Waals surface area contributed by atoms with E-state index in [9.17, 15) is 4.79 Å². The number of imidazole rings is 1. The predicted molar refractivity (Wildman–Crippen MR) is 144 cm³/mol. The number of aromatic nitrogens is 4. The quantitative estimate of drug-likeness (QED) is 0.232. The van der Waals surface area contributed by atoms with Gasteiger partial charge in [0.05, 0.1) is 25.7 Å². The van der Waals surface area contributed by atoms with Crippen LogP contribution in [0.1, 0.15) is 28.1 Å². The van der Waals surface area contributed by atoms with Gasteiger partial charge in [0.2, 0.25) is 5.95 Å². The van der Waals surface area contributed by atoms with Crippen LogP contribution in [0.2, 0.25) is 0 Å². The SMILES string of the molecule is COc1ccc(CCOc2cccc(Cc3cnc(NCCSCc4nc[nH]c4C)[nH]c3=O)c2)cc1. The van der Waals surface area contributed by atoms with Gasteiger partial charge in [0, 0.05) is 48.3 Å². The van der Waals surface area contributed by atoms with E-state index in [1.807, 2.05) is 55.5 Å². The Bertz CT molecular complexity index is 1300. The molecule has 4 aromatic rings. The zero-order valence-corrected chi connectivity index (χ0v) is 21.4. The Morgan fingerprint density at radius 2 is 1.92 bits per heavy atom. The second-order valence-electron chi connectivity index (χ2n) is 8.31. The molecule has 4 rings (SSSR count). The van der Waals surface area contributed by atoms with Crippen LogP contribution in [-0.4, -0.2) is 46.0 Å². The molecule has 0 aliphatic carbocycles. The summed E-state index contributed by atoms with van der Waals surface area (Å²) < 4.78 is 11.1. The average Bonchev–Trinajstić information content (AvgIpc) is 3.30. The summed E-state index contributed by atoms with van der Waals surface area (Å²) in [5.74, 6) is 3.84. The highest BCUT2D eigenvalue weighted by atomic mass is 32.2.